The Morgan fingerprint density at radius 2 is 2.00 bits per heavy atom. The summed E-state index contributed by atoms with van der Waals surface area (Å²) >= 11 is 0. The zero-order valence-corrected chi connectivity index (χ0v) is 14.3. The van der Waals surface area contributed by atoms with E-state index >= 15 is 0 Å². The predicted molar refractivity (Wildman–Crippen MR) is 88.6 cm³/mol. The van der Waals surface area contributed by atoms with Gasteiger partial charge in [-0.3, -0.25) is 14.8 Å². The number of piperidine rings is 1. The molecule has 0 aromatic carbocycles. The second-order valence-corrected chi connectivity index (χ2v) is 7.01. The van der Waals surface area contributed by atoms with Crippen LogP contribution in [0.15, 0.2) is 6.07 Å². The minimum absolute atomic E-state index is 0.0676. The normalized spacial score (nSPS) is 21.1. The number of aromatic amines is 1. The van der Waals surface area contributed by atoms with Gasteiger partial charge in [-0.15, -0.1) is 0 Å². The molecule has 0 radical (unpaired) electrons. The Morgan fingerprint density at radius 3 is 2.61 bits per heavy atom. The van der Waals surface area contributed by atoms with Crippen LogP contribution in [0.2, 0.25) is 0 Å². The van der Waals surface area contributed by atoms with Gasteiger partial charge in [-0.05, 0) is 30.7 Å². The molecule has 0 unspecified atom stereocenters. The largest absolute Gasteiger partial charge is 0.379 e. The van der Waals surface area contributed by atoms with Crippen LogP contribution in [0.1, 0.15) is 48.8 Å². The van der Waals surface area contributed by atoms with Crippen LogP contribution in [0.25, 0.3) is 0 Å². The third-order valence-corrected chi connectivity index (χ3v) is 4.96. The van der Waals surface area contributed by atoms with Crippen molar-refractivity contribution >= 4 is 5.91 Å². The molecule has 2 aliphatic heterocycles. The van der Waals surface area contributed by atoms with E-state index in [2.05, 4.69) is 28.9 Å². The molecule has 23 heavy (non-hydrogen) atoms. The highest BCUT2D eigenvalue weighted by molar-refractivity contribution is 5.92. The molecule has 1 N–H and O–H groups in total. The standard InChI is InChI=1S/C17H28N4O2/c1-13(2)15-11-16(19-18-15)17(22)21-5-3-14(4-6-21)12-20-7-9-23-10-8-20/h11,13-14H,3-10,12H2,1-2H3,(H,18,19). The summed E-state index contributed by atoms with van der Waals surface area (Å²) in [5, 5.41) is 7.16. The maximum Gasteiger partial charge on any atom is 0.274 e. The molecule has 2 fully saturated rings. The van der Waals surface area contributed by atoms with E-state index in [-0.39, 0.29) is 5.91 Å². The van der Waals surface area contributed by atoms with Gasteiger partial charge in [-0.25, -0.2) is 0 Å². The second kappa shape index (κ2) is 7.45. The van der Waals surface area contributed by atoms with Gasteiger partial charge in [0.05, 0.1) is 13.2 Å². The molecule has 0 spiro atoms. The van der Waals surface area contributed by atoms with Crippen molar-refractivity contribution in [2.45, 2.75) is 32.6 Å². The number of H-pyrrole nitrogens is 1. The Hall–Kier alpha value is -1.40. The number of nitrogens with one attached hydrogen (secondary N) is 1. The van der Waals surface area contributed by atoms with Gasteiger partial charge < -0.3 is 9.64 Å². The van der Waals surface area contributed by atoms with Crippen molar-refractivity contribution in [3.05, 3.63) is 17.5 Å². The summed E-state index contributed by atoms with van der Waals surface area (Å²) in [6.07, 6.45) is 2.18. The van der Waals surface area contributed by atoms with Gasteiger partial charge in [0, 0.05) is 38.4 Å². The summed E-state index contributed by atoms with van der Waals surface area (Å²) in [4.78, 5) is 17.0. The Kier molecular flexibility index (Phi) is 5.33. The summed E-state index contributed by atoms with van der Waals surface area (Å²) in [6.45, 7) is 10.8. The van der Waals surface area contributed by atoms with Crippen molar-refractivity contribution in [3.63, 3.8) is 0 Å². The fourth-order valence-electron chi connectivity index (χ4n) is 3.37. The first-order chi connectivity index (χ1) is 11.1. The molecular formula is C17H28N4O2. The molecule has 0 saturated carbocycles. The molecule has 6 nitrogen and oxygen atoms in total. The van der Waals surface area contributed by atoms with E-state index in [1.54, 1.807) is 0 Å². The van der Waals surface area contributed by atoms with Crippen LogP contribution in [-0.4, -0.2) is 71.8 Å². The van der Waals surface area contributed by atoms with Crippen LogP contribution >= 0.6 is 0 Å². The van der Waals surface area contributed by atoms with Crippen molar-refractivity contribution in [1.82, 2.24) is 20.0 Å². The highest BCUT2D eigenvalue weighted by Crippen LogP contribution is 2.21. The molecule has 2 saturated heterocycles. The van der Waals surface area contributed by atoms with E-state index in [1.807, 2.05) is 11.0 Å². The van der Waals surface area contributed by atoms with Crippen LogP contribution in [0.3, 0.4) is 0 Å². The molecule has 128 valence electrons. The fraction of sp³-hybridized carbons (Fsp3) is 0.765. The van der Waals surface area contributed by atoms with Gasteiger partial charge in [-0.1, -0.05) is 13.8 Å². The lowest BCUT2D eigenvalue weighted by Crippen LogP contribution is -2.44. The summed E-state index contributed by atoms with van der Waals surface area (Å²) in [5.41, 5.74) is 1.58. The first-order valence-electron chi connectivity index (χ1n) is 8.78. The zero-order valence-electron chi connectivity index (χ0n) is 14.3. The number of ether oxygens (including phenoxy) is 1. The van der Waals surface area contributed by atoms with Gasteiger partial charge >= 0.3 is 0 Å². The van der Waals surface area contributed by atoms with Crippen LogP contribution in [-0.2, 0) is 4.74 Å². The van der Waals surface area contributed by atoms with E-state index in [4.69, 9.17) is 4.74 Å². The first kappa shape index (κ1) is 16.5. The number of nitrogens with zero attached hydrogens (tertiary/aromatic N) is 3. The maximum absolute atomic E-state index is 12.5. The molecule has 1 amide bonds. The molecule has 1 aromatic rings. The third kappa shape index (κ3) is 4.12. The lowest BCUT2D eigenvalue weighted by molar-refractivity contribution is 0.0242. The summed E-state index contributed by atoms with van der Waals surface area (Å²) in [7, 11) is 0. The van der Waals surface area contributed by atoms with Gasteiger partial charge in [0.25, 0.3) is 5.91 Å². The molecule has 0 aliphatic carbocycles. The van der Waals surface area contributed by atoms with Crippen molar-refractivity contribution in [1.29, 1.82) is 0 Å². The maximum atomic E-state index is 12.5. The number of aromatic nitrogens is 2. The van der Waals surface area contributed by atoms with Crippen molar-refractivity contribution < 1.29 is 9.53 Å². The fourth-order valence-corrected chi connectivity index (χ4v) is 3.37. The Balaban J connectivity index is 1.48. The van der Waals surface area contributed by atoms with Crippen molar-refractivity contribution in [2.75, 3.05) is 45.9 Å². The van der Waals surface area contributed by atoms with Crippen LogP contribution in [0.5, 0.6) is 0 Å². The summed E-state index contributed by atoms with van der Waals surface area (Å²) in [5.74, 6) is 1.13. The highest BCUT2D eigenvalue weighted by Gasteiger charge is 2.26. The van der Waals surface area contributed by atoms with E-state index < -0.39 is 0 Å². The Bertz CT molecular complexity index is 514. The van der Waals surface area contributed by atoms with Gasteiger partial charge in [0.2, 0.25) is 0 Å². The van der Waals surface area contributed by atoms with Gasteiger partial charge in [0.15, 0.2) is 0 Å². The number of hydrogen-bond donors (Lipinski definition) is 1. The average Bonchev–Trinajstić information content (AvgIpc) is 3.06. The number of amides is 1. The number of morpholine rings is 1. The average molecular weight is 320 g/mol. The molecule has 6 heteroatoms. The highest BCUT2D eigenvalue weighted by atomic mass is 16.5. The Labute approximate surface area is 138 Å². The van der Waals surface area contributed by atoms with E-state index in [0.29, 0.717) is 17.5 Å². The lowest BCUT2D eigenvalue weighted by Gasteiger charge is -2.35. The van der Waals surface area contributed by atoms with Crippen LogP contribution < -0.4 is 0 Å². The zero-order chi connectivity index (χ0) is 16.2. The Morgan fingerprint density at radius 1 is 1.30 bits per heavy atom. The molecule has 1 aromatic heterocycles. The second-order valence-electron chi connectivity index (χ2n) is 7.01. The number of likely N-dealkylation sites (tertiary alicyclic amines) is 1. The SMILES string of the molecule is CC(C)c1cc(C(=O)N2CCC(CN3CCOCC3)CC2)n[nH]1. The number of carbonyl (C=O) groups excluding carboxylic acids is 1. The van der Waals surface area contributed by atoms with Gasteiger partial charge in [0.1, 0.15) is 5.69 Å². The minimum Gasteiger partial charge on any atom is -0.379 e. The molecule has 3 rings (SSSR count). The van der Waals surface area contributed by atoms with E-state index in [9.17, 15) is 4.79 Å². The quantitative estimate of drug-likeness (QED) is 0.917. The summed E-state index contributed by atoms with van der Waals surface area (Å²) in [6, 6.07) is 1.90. The van der Waals surface area contributed by atoms with E-state index in [1.165, 1.54) is 0 Å². The number of carbonyl (C=O) groups is 1. The van der Waals surface area contributed by atoms with Crippen molar-refractivity contribution in [2.24, 2.45) is 5.92 Å². The van der Waals surface area contributed by atoms with Crippen LogP contribution in [0.4, 0.5) is 0 Å². The number of rotatable bonds is 4. The van der Waals surface area contributed by atoms with E-state index in [0.717, 1.165) is 64.5 Å². The van der Waals surface area contributed by atoms with Gasteiger partial charge in [-0.2, -0.15) is 5.10 Å². The molecular weight excluding hydrogens is 292 g/mol. The molecule has 3 heterocycles. The smallest absolute Gasteiger partial charge is 0.274 e. The van der Waals surface area contributed by atoms with Crippen LogP contribution in [0, 0.1) is 5.92 Å². The number of hydrogen-bond acceptors (Lipinski definition) is 4. The molecule has 0 bridgehead atoms. The first-order valence-corrected chi connectivity index (χ1v) is 8.78. The molecule has 2 aliphatic rings. The lowest BCUT2D eigenvalue weighted by atomic mass is 9.95. The molecule has 0 atom stereocenters. The summed E-state index contributed by atoms with van der Waals surface area (Å²) < 4.78 is 5.40. The third-order valence-electron chi connectivity index (χ3n) is 4.96. The van der Waals surface area contributed by atoms with Crippen molar-refractivity contribution in [3.8, 4) is 0 Å². The predicted octanol–water partition coefficient (Wildman–Crippen LogP) is 1.72. The minimum atomic E-state index is 0.0676. The monoisotopic (exact) mass is 320 g/mol. The topological polar surface area (TPSA) is 61.5 Å².